The van der Waals surface area contributed by atoms with Crippen LogP contribution < -0.4 is 16.4 Å². The molecule has 0 aliphatic carbocycles. The number of amides is 3. The highest BCUT2D eigenvalue weighted by molar-refractivity contribution is 5.94. The second kappa shape index (κ2) is 12.8. The average Bonchev–Trinajstić information content (AvgIpc) is 3.29. The van der Waals surface area contributed by atoms with Crippen LogP contribution in [0.1, 0.15) is 45.1 Å². The highest BCUT2D eigenvalue weighted by atomic mass is 16.4. The van der Waals surface area contributed by atoms with Gasteiger partial charge in [0.2, 0.25) is 17.7 Å². The summed E-state index contributed by atoms with van der Waals surface area (Å²) >= 11 is 0. The predicted molar refractivity (Wildman–Crippen MR) is 126 cm³/mol. The normalized spacial score (nSPS) is 17.9. The number of aliphatic carboxylic acids is 2. The number of hydrogen-bond donors (Lipinski definition) is 5. The van der Waals surface area contributed by atoms with E-state index in [0.717, 1.165) is 5.56 Å². The number of nitrogens with zero attached hydrogens (tertiary/aromatic N) is 1. The molecule has 1 heterocycles. The van der Waals surface area contributed by atoms with Crippen molar-refractivity contribution < 1.29 is 34.2 Å². The number of carbonyl (C=O) groups is 5. The molecular formula is C24H34N4O7. The lowest BCUT2D eigenvalue weighted by atomic mass is 10.0. The number of rotatable bonds is 12. The van der Waals surface area contributed by atoms with Gasteiger partial charge in [0.15, 0.2) is 0 Å². The topological polar surface area (TPSA) is 179 Å². The van der Waals surface area contributed by atoms with Crippen molar-refractivity contribution in [2.45, 2.75) is 70.1 Å². The number of carboxylic acid groups (broad SMARTS) is 2. The van der Waals surface area contributed by atoms with Crippen molar-refractivity contribution in [3.63, 3.8) is 0 Å². The van der Waals surface area contributed by atoms with E-state index in [2.05, 4.69) is 10.6 Å². The maximum absolute atomic E-state index is 13.3. The Balaban J connectivity index is 2.13. The van der Waals surface area contributed by atoms with Gasteiger partial charge in [-0.05, 0) is 37.2 Å². The molecule has 0 radical (unpaired) electrons. The molecule has 1 saturated heterocycles. The van der Waals surface area contributed by atoms with Gasteiger partial charge in [0, 0.05) is 13.0 Å². The molecule has 11 heteroatoms. The van der Waals surface area contributed by atoms with Gasteiger partial charge in [-0.3, -0.25) is 19.2 Å². The van der Waals surface area contributed by atoms with Gasteiger partial charge >= 0.3 is 11.9 Å². The fraction of sp³-hybridized carbons (Fsp3) is 0.542. The van der Waals surface area contributed by atoms with Crippen molar-refractivity contribution in [2.24, 2.45) is 11.7 Å². The summed E-state index contributed by atoms with van der Waals surface area (Å²) < 4.78 is 0. The molecule has 3 amide bonds. The lowest BCUT2D eigenvalue weighted by molar-refractivity contribution is -0.146. The first-order chi connectivity index (χ1) is 16.5. The highest BCUT2D eigenvalue weighted by Crippen LogP contribution is 2.20. The summed E-state index contributed by atoms with van der Waals surface area (Å²) in [6.07, 6.45) is 0.523. The van der Waals surface area contributed by atoms with Crippen LogP contribution in [0.5, 0.6) is 0 Å². The molecule has 4 unspecified atom stereocenters. The van der Waals surface area contributed by atoms with E-state index in [1.165, 1.54) is 4.90 Å². The Hall–Kier alpha value is -3.47. The van der Waals surface area contributed by atoms with Crippen molar-refractivity contribution in [1.29, 1.82) is 0 Å². The summed E-state index contributed by atoms with van der Waals surface area (Å²) in [6, 6.07) is 4.91. The summed E-state index contributed by atoms with van der Waals surface area (Å²) in [5.74, 6) is -4.48. The van der Waals surface area contributed by atoms with Crippen LogP contribution in [0.15, 0.2) is 30.3 Å². The van der Waals surface area contributed by atoms with Gasteiger partial charge in [-0.1, -0.05) is 44.2 Å². The van der Waals surface area contributed by atoms with E-state index in [4.69, 9.17) is 10.8 Å². The summed E-state index contributed by atoms with van der Waals surface area (Å²) in [6.45, 7) is 3.55. The maximum atomic E-state index is 13.3. The molecule has 1 aliphatic rings. The number of carbonyl (C=O) groups excluding carboxylic acids is 3. The molecule has 0 saturated carbocycles. The third-order valence-electron chi connectivity index (χ3n) is 5.97. The lowest BCUT2D eigenvalue weighted by Crippen LogP contribution is -2.57. The molecule has 0 bridgehead atoms. The maximum Gasteiger partial charge on any atom is 0.326 e. The van der Waals surface area contributed by atoms with E-state index >= 15 is 0 Å². The first-order valence-corrected chi connectivity index (χ1v) is 11.7. The Morgan fingerprint density at radius 1 is 1.09 bits per heavy atom. The first kappa shape index (κ1) is 27.8. The number of carboxylic acids is 2. The SMILES string of the molecule is CC(C)C(NC(=O)C1CCCN1C(=O)C(CCC(=O)O)NC(=O)C(N)Cc1ccccc1)C(=O)O. The van der Waals surface area contributed by atoms with Crippen LogP contribution in [-0.4, -0.2) is 75.5 Å². The van der Waals surface area contributed by atoms with Crippen LogP contribution in [0.2, 0.25) is 0 Å². The molecule has 0 spiro atoms. The Kier molecular flexibility index (Phi) is 10.2. The van der Waals surface area contributed by atoms with E-state index in [-0.39, 0.29) is 31.7 Å². The van der Waals surface area contributed by atoms with Crippen molar-refractivity contribution in [2.75, 3.05) is 6.54 Å². The summed E-state index contributed by atoms with van der Waals surface area (Å²) in [5.41, 5.74) is 6.85. The number of hydrogen-bond acceptors (Lipinski definition) is 6. The average molecular weight is 491 g/mol. The van der Waals surface area contributed by atoms with Crippen LogP contribution in [0.25, 0.3) is 0 Å². The molecular weight excluding hydrogens is 456 g/mol. The third-order valence-corrected chi connectivity index (χ3v) is 5.97. The van der Waals surface area contributed by atoms with Crippen molar-refractivity contribution in [3.8, 4) is 0 Å². The van der Waals surface area contributed by atoms with E-state index in [9.17, 15) is 29.1 Å². The van der Waals surface area contributed by atoms with Crippen LogP contribution in [0.3, 0.4) is 0 Å². The van der Waals surface area contributed by atoms with E-state index in [1.807, 2.05) is 30.3 Å². The number of benzene rings is 1. The van der Waals surface area contributed by atoms with Crippen LogP contribution in [0.4, 0.5) is 0 Å². The monoisotopic (exact) mass is 490 g/mol. The van der Waals surface area contributed by atoms with Crippen LogP contribution >= 0.6 is 0 Å². The van der Waals surface area contributed by atoms with Gasteiger partial charge in [-0.2, -0.15) is 0 Å². The zero-order valence-corrected chi connectivity index (χ0v) is 20.0. The molecule has 2 rings (SSSR count). The number of nitrogens with one attached hydrogen (secondary N) is 2. The Morgan fingerprint density at radius 3 is 2.31 bits per heavy atom. The van der Waals surface area contributed by atoms with Crippen LogP contribution in [-0.2, 0) is 30.4 Å². The van der Waals surface area contributed by atoms with Crippen molar-refractivity contribution in [1.82, 2.24) is 15.5 Å². The minimum atomic E-state index is -1.19. The van der Waals surface area contributed by atoms with Gasteiger partial charge in [-0.15, -0.1) is 0 Å². The number of nitrogens with two attached hydrogens (primary N) is 1. The molecule has 1 aromatic carbocycles. The quantitative estimate of drug-likeness (QED) is 0.274. The molecule has 1 fully saturated rings. The van der Waals surface area contributed by atoms with E-state index in [1.54, 1.807) is 13.8 Å². The lowest BCUT2D eigenvalue weighted by Gasteiger charge is -2.30. The zero-order valence-electron chi connectivity index (χ0n) is 20.0. The fourth-order valence-corrected chi connectivity index (χ4v) is 4.03. The minimum absolute atomic E-state index is 0.174. The Morgan fingerprint density at radius 2 is 1.74 bits per heavy atom. The summed E-state index contributed by atoms with van der Waals surface area (Å²) in [5, 5.41) is 23.5. The summed E-state index contributed by atoms with van der Waals surface area (Å²) in [7, 11) is 0. The molecule has 4 atom stereocenters. The second-order valence-electron chi connectivity index (χ2n) is 9.05. The number of likely N-dealkylation sites (tertiary alicyclic amines) is 1. The molecule has 1 aliphatic heterocycles. The molecule has 192 valence electrons. The first-order valence-electron chi connectivity index (χ1n) is 11.7. The van der Waals surface area contributed by atoms with Crippen LogP contribution in [0, 0.1) is 5.92 Å². The van der Waals surface area contributed by atoms with Gasteiger partial charge in [0.1, 0.15) is 18.1 Å². The standard InChI is InChI=1S/C24H34N4O7/c1-14(2)20(24(34)35)27-22(32)18-9-6-12-28(18)23(33)17(10-11-19(29)30)26-21(31)16(25)13-15-7-4-3-5-8-15/h3-5,7-8,14,16-18,20H,6,9-13,25H2,1-2H3,(H,26,31)(H,27,32)(H,29,30)(H,34,35). The fourth-order valence-electron chi connectivity index (χ4n) is 4.03. The van der Waals surface area contributed by atoms with E-state index in [0.29, 0.717) is 12.8 Å². The molecule has 0 aromatic heterocycles. The second-order valence-corrected chi connectivity index (χ2v) is 9.05. The predicted octanol–water partition coefficient (Wildman–Crippen LogP) is 0.122. The van der Waals surface area contributed by atoms with E-state index < -0.39 is 53.8 Å². The highest BCUT2D eigenvalue weighted by Gasteiger charge is 2.39. The van der Waals surface area contributed by atoms with Crippen molar-refractivity contribution >= 4 is 29.7 Å². The smallest absolute Gasteiger partial charge is 0.326 e. The van der Waals surface area contributed by atoms with Gasteiger partial charge < -0.3 is 31.5 Å². The third kappa shape index (κ3) is 8.06. The Bertz CT molecular complexity index is 922. The van der Waals surface area contributed by atoms with Gasteiger partial charge in [0.25, 0.3) is 0 Å². The van der Waals surface area contributed by atoms with Crippen molar-refractivity contribution in [3.05, 3.63) is 35.9 Å². The minimum Gasteiger partial charge on any atom is -0.481 e. The molecule has 11 nitrogen and oxygen atoms in total. The largest absolute Gasteiger partial charge is 0.481 e. The Labute approximate surface area is 204 Å². The molecule has 1 aromatic rings. The molecule has 6 N–H and O–H groups in total. The van der Waals surface area contributed by atoms with Gasteiger partial charge in [-0.25, -0.2) is 4.79 Å². The molecule has 35 heavy (non-hydrogen) atoms. The summed E-state index contributed by atoms with van der Waals surface area (Å²) in [4.78, 5) is 62.8. The zero-order chi connectivity index (χ0) is 26.1. The van der Waals surface area contributed by atoms with Gasteiger partial charge in [0.05, 0.1) is 6.04 Å².